The number of hydrogen-bond donors (Lipinski definition) is 1. The van der Waals surface area contributed by atoms with Crippen LogP contribution in [-0.4, -0.2) is 52.3 Å². The van der Waals surface area contributed by atoms with Crippen LogP contribution in [0.4, 0.5) is 0 Å². The number of rotatable bonds is 7. The first kappa shape index (κ1) is 23.5. The van der Waals surface area contributed by atoms with Crippen molar-refractivity contribution in [3.05, 3.63) is 52.4 Å². The lowest BCUT2D eigenvalue weighted by Gasteiger charge is -2.38. The molecule has 0 aromatic heterocycles. The first-order valence-electron chi connectivity index (χ1n) is 10.5. The average molecular weight is 443 g/mol. The van der Waals surface area contributed by atoms with E-state index in [1.807, 2.05) is 25.1 Å². The second kappa shape index (κ2) is 9.99. The zero-order valence-corrected chi connectivity index (χ0v) is 19.0. The molecule has 1 aromatic carbocycles. The Morgan fingerprint density at radius 2 is 1.84 bits per heavy atom. The van der Waals surface area contributed by atoms with Crippen molar-refractivity contribution in [2.24, 2.45) is 11.8 Å². The predicted octanol–water partition coefficient (Wildman–Crippen LogP) is 2.50. The lowest BCUT2D eigenvalue weighted by Crippen LogP contribution is -2.43. The van der Waals surface area contributed by atoms with E-state index < -0.39 is 23.8 Å². The van der Waals surface area contributed by atoms with Gasteiger partial charge in [0.15, 0.2) is 5.78 Å². The van der Waals surface area contributed by atoms with Crippen molar-refractivity contribution < 1.29 is 33.3 Å². The highest BCUT2D eigenvalue weighted by molar-refractivity contribution is 6.12. The maximum atomic E-state index is 13.7. The largest absolute Gasteiger partial charge is 0.496 e. The fourth-order valence-corrected chi connectivity index (χ4v) is 4.46. The molecule has 8 nitrogen and oxygen atoms in total. The third-order valence-corrected chi connectivity index (χ3v) is 5.93. The van der Waals surface area contributed by atoms with Crippen molar-refractivity contribution in [1.82, 2.24) is 5.32 Å². The summed E-state index contributed by atoms with van der Waals surface area (Å²) in [5.41, 5.74) is 2.61. The number of para-hydroxylation sites is 1. The fraction of sp³-hybridized carbons (Fsp3) is 0.458. The van der Waals surface area contributed by atoms with Crippen molar-refractivity contribution in [2.45, 2.75) is 26.2 Å². The Morgan fingerprint density at radius 3 is 2.50 bits per heavy atom. The Balaban J connectivity index is 2.16. The van der Waals surface area contributed by atoms with E-state index in [9.17, 15) is 14.4 Å². The van der Waals surface area contributed by atoms with Crippen LogP contribution in [0.15, 0.2) is 46.8 Å². The second-order valence-electron chi connectivity index (χ2n) is 7.91. The van der Waals surface area contributed by atoms with Crippen LogP contribution >= 0.6 is 0 Å². The highest BCUT2D eigenvalue weighted by Gasteiger charge is 2.47. The number of esters is 2. The molecule has 0 unspecified atom stereocenters. The minimum atomic E-state index is -0.943. The second-order valence-corrected chi connectivity index (χ2v) is 7.91. The number of allylic oxidation sites excluding steroid dienone is 3. The first-order chi connectivity index (χ1) is 15.3. The molecule has 172 valence electrons. The van der Waals surface area contributed by atoms with Gasteiger partial charge in [0, 0.05) is 29.6 Å². The van der Waals surface area contributed by atoms with Gasteiger partial charge in [0.1, 0.15) is 18.3 Å². The van der Waals surface area contributed by atoms with Crippen molar-refractivity contribution in [3.63, 3.8) is 0 Å². The van der Waals surface area contributed by atoms with Gasteiger partial charge in [0.25, 0.3) is 0 Å². The Kier molecular flexibility index (Phi) is 7.35. The zero-order chi connectivity index (χ0) is 23.4. The fourth-order valence-electron chi connectivity index (χ4n) is 4.46. The Labute approximate surface area is 187 Å². The summed E-state index contributed by atoms with van der Waals surface area (Å²) in [6.07, 6.45) is 0.468. The quantitative estimate of drug-likeness (QED) is 0.390. The summed E-state index contributed by atoms with van der Waals surface area (Å²) in [5.74, 6) is -2.90. The van der Waals surface area contributed by atoms with E-state index in [-0.39, 0.29) is 24.9 Å². The van der Waals surface area contributed by atoms with Gasteiger partial charge >= 0.3 is 11.9 Å². The van der Waals surface area contributed by atoms with E-state index in [2.05, 4.69) is 5.32 Å². The molecule has 1 N–H and O–H groups in total. The molecule has 0 fully saturated rings. The SMILES string of the molecule is COCCOC(=O)C1=C(C)NC2=C(C(=O)[C@H](C(=O)OC)[C@@H](C)C2)[C@@H]1c1ccccc1OC. The van der Waals surface area contributed by atoms with Crippen LogP contribution in [0.2, 0.25) is 0 Å². The number of ether oxygens (including phenoxy) is 4. The smallest absolute Gasteiger partial charge is 0.336 e. The summed E-state index contributed by atoms with van der Waals surface area (Å²) in [4.78, 5) is 39.3. The average Bonchev–Trinajstić information content (AvgIpc) is 2.77. The minimum absolute atomic E-state index is 0.0758. The van der Waals surface area contributed by atoms with Crippen LogP contribution in [0.25, 0.3) is 0 Å². The van der Waals surface area contributed by atoms with Gasteiger partial charge in [-0.2, -0.15) is 0 Å². The van der Waals surface area contributed by atoms with Crippen LogP contribution in [-0.2, 0) is 28.6 Å². The maximum absolute atomic E-state index is 13.7. The van der Waals surface area contributed by atoms with Gasteiger partial charge < -0.3 is 24.3 Å². The van der Waals surface area contributed by atoms with Crippen molar-refractivity contribution in [1.29, 1.82) is 0 Å². The molecule has 0 spiro atoms. The van der Waals surface area contributed by atoms with Crippen LogP contribution in [0, 0.1) is 11.8 Å². The van der Waals surface area contributed by atoms with Gasteiger partial charge in [0.05, 0.1) is 32.3 Å². The van der Waals surface area contributed by atoms with E-state index in [0.717, 1.165) is 0 Å². The highest BCUT2D eigenvalue weighted by atomic mass is 16.6. The van der Waals surface area contributed by atoms with Crippen molar-refractivity contribution >= 4 is 17.7 Å². The monoisotopic (exact) mass is 443 g/mol. The lowest BCUT2D eigenvalue weighted by molar-refractivity contribution is -0.151. The Morgan fingerprint density at radius 1 is 1.12 bits per heavy atom. The molecule has 0 amide bonds. The molecular weight excluding hydrogens is 414 g/mol. The van der Waals surface area contributed by atoms with Gasteiger partial charge in [-0.25, -0.2) is 4.79 Å². The van der Waals surface area contributed by atoms with Crippen molar-refractivity contribution in [2.75, 3.05) is 34.5 Å². The third-order valence-electron chi connectivity index (χ3n) is 5.93. The molecule has 3 atom stereocenters. The Bertz CT molecular complexity index is 978. The number of dihydropyridines is 1. The van der Waals surface area contributed by atoms with E-state index >= 15 is 0 Å². The van der Waals surface area contributed by atoms with Gasteiger partial charge in [-0.05, 0) is 25.3 Å². The van der Waals surface area contributed by atoms with E-state index in [0.29, 0.717) is 40.3 Å². The summed E-state index contributed by atoms with van der Waals surface area (Å²) in [7, 11) is 4.32. The topological polar surface area (TPSA) is 100 Å². The first-order valence-corrected chi connectivity index (χ1v) is 10.5. The molecule has 0 saturated carbocycles. The molecule has 0 radical (unpaired) electrons. The van der Waals surface area contributed by atoms with E-state index in [4.69, 9.17) is 18.9 Å². The number of nitrogens with one attached hydrogen (secondary N) is 1. The Hall–Kier alpha value is -3.13. The summed E-state index contributed by atoms with van der Waals surface area (Å²) in [5, 5.41) is 3.23. The van der Waals surface area contributed by atoms with Crippen molar-refractivity contribution in [3.8, 4) is 5.75 Å². The zero-order valence-electron chi connectivity index (χ0n) is 19.0. The number of Topliss-reactive ketones (excluding diaryl/α,β-unsaturated/α-hetero) is 1. The van der Waals surface area contributed by atoms with Gasteiger partial charge in [-0.3, -0.25) is 9.59 Å². The molecule has 1 aliphatic carbocycles. The van der Waals surface area contributed by atoms with Crippen LogP contribution in [0.3, 0.4) is 0 Å². The standard InChI is InChI=1S/C24H29NO7/c1-13-12-16-21(22(26)18(13)23(27)31-5)20(15-8-6-7-9-17(15)30-4)19(14(2)25-16)24(28)32-11-10-29-3/h6-9,13,18,20,25H,10-12H2,1-5H3/t13-,18+,20+/m0/s1. The predicted molar refractivity (Wildman–Crippen MR) is 116 cm³/mol. The summed E-state index contributed by atoms with van der Waals surface area (Å²) < 4.78 is 20.9. The van der Waals surface area contributed by atoms with Crippen LogP contribution < -0.4 is 10.1 Å². The molecule has 0 bridgehead atoms. The van der Waals surface area contributed by atoms with Crippen LogP contribution in [0.5, 0.6) is 5.75 Å². The number of benzene rings is 1. The summed E-state index contributed by atoms with van der Waals surface area (Å²) >= 11 is 0. The molecule has 2 aliphatic rings. The minimum Gasteiger partial charge on any atom is -0.496 e. The van der Waals surface area contributed by atoms with Gasteiger partial charge in [-0.15, -0.1) is 0 Å². The summed E-state index contributed by atoms with van der Waals surface area (Å²) in [6, 6.07) is 7.22. The maximum Gasteiger partial charge on any atom is 0.336 e. The van der Waals surface area contributed by atoms with Gasteiger partial charge in [-0.1, -0.05) is 25.1 Å². The lowest BCUT2D eigenvalue weighted by atomic mass is 9.69. The van der Waals surface area contributed by atoms with E-state index in [1.54, 1.807) is 13.0 Å². The van der Waals surface area contributed by atoms with Gasteiger partial charge in [0.2, 0.25) is 0 Å². The number of carbonyl (C=O) groups excluding carboxylic acids is 3. The molecule has 32 heavy (non-hydrogen) atoms. The molecule has 1 heterocycles. The molecule has 1 aromatic rings. The number of methoxy groups -OCH3 is 3. The number of carbonyl (C=O) groups is 3. The number of hydrogen-bond acceptors (Lipinski definition) is 8. The molecule has 8 heteroatoms. The molecular formula is C24H29NO7. The molecule has 0 saturated heterocycles. The number of ketones is 1. The normalized spacial score (nSPS) is 22.8. The molecule has 1 aliphatic heterocycles. The third kappa shape index (κ3) is 4.27. The highest BCUT2D eigenvalue weighted by Crippen LogP contribution is 2.47. The van der Waals surface area contributed by atoms with Crippen LogP contribution in [0.1, 0.15) is 31.7 Å². The molecule has 3 rings (SSSR count). The van der Waals surface area contributed by atoms with E-state index in [1.165, 1.54) is 21.3 Å². The summed E-state index contributed by atoms with van der Waals surface area (Å²) in [6.45, 7) is 3.95.